The van der Waals surface area contributed by atoms with Crippen molar-refractivity contribution in [1.29, 1.82) is 0 Å². The Morgan fingerprint density at radius 3 is 2.78 bits per heavy atom. The van der Waals surface area contributed by atoms with E-state index in [1.807, 2.05) is 0 Å². The Kier molecular flexibility index (Phi) is 4.36. The summed E-state index contributed by atoms with van der Waals surface area (Å²) in [5, 5.41) is 0. The molecule has 0 N–H and O–H groups in total. The summed E-state index contributed by atoms with van der Waals surface area (Å²) < 4.78 is 27.2. The van der Waals surface area contributed by atoms with Gasteiger partial charge in [0.05, 0.1) is 5.88 Å². The molecular weight excluding hydrogens is 290 g/mol. The van der Waals surface area contributed by atoms with Crippen LogP contribution in [0.4, 0.5) is 0 Å². The molecular formula is C12H18ClNO2S2. The molecule has 1 fully saturated rings. The second kappa shape index (κ2) is 5.49. The van der Waals surface area contributed by atoms with Crippen molar-refractivity contribution in [2.24, 2.45) is 5.92 Å². The summed E-state index contributed by atoms with van der Waals surface area (Å²) in [6.45, 7) is 4.80. The molecule has 1 atom stereocenters. The molecule has 0 aromatic carbocycles. The smallest absolute Gasteiger partial charge is 0.206 e. The second-order valence-corrected chi connectivity index (χ2v) is 8.48. The summed E-state index contributed by atoms with van der Waals surface area (Å²) in [6, 6.07) is 3.61. The van der Waals surface area contributed by atoms with Crippen LogP contribution in [0.15, 0.2) is 16.3 Å². The summed E-state index contributed by atoms with van der Waals surface area (Å²) >= 11 is 7.01. The lowest BCUT2D eigenvalue weighted by Crippen LogP contribution is -2.38. The fourth-order valence-electron chi connectivity index (χ4n) is 2.41. The minimum Gasteiger partial charge on any atom is -0.206 e. The van der Waals surface area contributed by atoms with E-state index in [2.05, 4.69) is 13.8 Å². The van der Waals surface area contributed by atoms with Gasteiger partial charge in [0.25, 0.3) is 10.0 Å². The first kappa shape index (κ1) is 14.3. The Labute approximate surface area is 118 Å². The molecule has 0 spiro atoms. The van der Waals surface area contributed by atoms with Crippen LogP contribution in [0, 0.1) is 5.92 Å². The molecule has 18 heavy (non-hydrogen) atoms. The van der Waals surface area contributed by atoms with Crippen LogP contribution in [0.3, 0.4) is 0 Å². The predicted molar refractivity (Wildman–Crippen MR) is 75.6 cm³/mol. The Morgan fingerprint density at radius 1 is 1.50 bits per heavy atom. The molecule has 1 aromatic rings. The molecule has 102 valence electrons. The second-order valence-electron chi connectivity index (χ2n) is 4.92. The first-order chi connectivity index (χ1) is 8.46. The Morgan fingerprint density at radius 2 is 2.22 bits per heavy atom. The van der Waals surface area contributed by atoms with E-state index >= 15 is 0 Å². The van der Waals surface area contributed by atoms with Crippen LogP contribution in [-0.4, -0.2) is 25.3 Å². The number of rotatable bonds is 4. The molecule has 0 saturated carbocycles. The van der Waals surface area contributed by atoms with Gasteiger partial charge in [0.15, 0.2) is 0 Å². The molecule has 0 aliphatic carbocycles. The van der Waals surface area contributed by atoms with Gasteiger partial charge in [-0.05, 0) is 30.9 Å². The maximum absolute atomic E-state index is 12.6. The van der Waals surface area contributed by atoms with E-state index in [9.17, 15) is 8.42 Å². The van der Waals surface area contributed by atoms with Crippen molar-refractivity contribution < 1.29 is 8.42 Å². The molecule has 1 unspecified atom stereocenters. The van der Waals surface area contributed by atoms with Gasteiger partial charge in [-0.15, -0.1) is 22.9 Å². The van der Waals surface area contributed by atoms with E-state index in [0.29, 0.717) is 22.6 Å². The number of alkyl halides is 1. The van der Waals surface area contributed by atoms with Crippen LogP contribution in [-0.2, 0) is 15.9 Å². The average Bonchev–Trinajstić information content (AvgIpc) is 2.98. The molecule has 1 aromatic heterocycles. The Bertz CT molecular complexity index is 510. The van der Waals surface area contributed by atoms with E-state index in [4.69, 9.17) is 11.6 Å². The Balaban J connectivity index is 2.30. The van der Waals surface area contributed by atoms with Crippen LogP contribution in [0.1, 0.15) is 31.6 Å². The van der Waals surface area contributed by atoms with Crippen LogP contribution < -0.4 is 0 Å². The SMILES string of the molecule is CC(C)C1CCCN1S(=O)(=O)c1ccc(CCl)s1. The summed E-state index contributed by atoms with van der Waals surface area (Å²) in [4.78, 5) is 0.899. The quantitative estimate of drug-likeness (QED) is 0.800. The highest BCUT2D eigenvalue weighted by molar-refractivity contribution is 7.91. The average molecular weight is 308 g/mol. The molecule has 1 aliphatic heterocycles. The maximum atomic E-state index is 12.6. The normalized spacial score (nSPS) is 21.9. The van der Waals surface area contributed by atoms with Gasteiger partial charge < -0.3 is 0 Å². The zero-order valence-corrected chi connectivity index (χ0v) is 13.0. The van der Waals surface area contributed by atoms with Gasteiger partial charge in [-0.2, -0.15) is 4.31 Å². The number of hydrogen-bond donors (Lipinski definition) is 0. The maximum Gasteiger partial charge on any atom is 0.252 e. The van der Waals surface area contributed by atoms with Crippen molar-refractivity contribution in [3.05, 3.63) is 17.0 Å². The van der Waals surface area contributed by atoms with Gasteiger partial charge in [0.1, 0.15) is 4.21 Å². The molecule has 1 aliphatic rings. The minimum absolute atomic E-state index is 0.136. The fraction of sp³-hybridized carbons (Fsp3) is 0.667. The van der Waals surface area contributed by atoms with Crippen molar-refractivity contribution in [2.45, 2.75) is 42.8 Å². The molecule has 6 heteroatoms. The zero-order valence-electron chi connectivity index (χ0n) is 10.6. The van der Waals surface area contributed by atoms with Gasteiger partial charge >= 0.3 is 0 Å². The van der Waals surface area contributed by atoms with Crippen LogP contribution in [0.25, 0.3) is 0 Å². The Hall–Kier alpha value is -0.100. The van der Waals surface area contributed by atoms with Gasteiger partial charge in [-0.3, -0.25) is 0 Å². The first-order valence-corrected chi connectivity index (χ1v) is 8.92. The number of nitrogens with zero attached hydrogens (tertiary/aromatic N) is 1. The molecule has 2 rings (SSSR count). The third-order valence-electron chi connectivity index (χ3n) is 3.35. The van der Waals surface area contributed by atoms with Crippen molar-refractivity contribution >= 4 is 33.0 Å². The fourth-order valence-corrected chi connectivity index (χ4v) is 5.83. The molecule has 0 radical (unpaired) electrons. The van der Waals surface area contributed by atoms with Crippen molar-refractivity contribution in [1.82, 2.24) is 4.31 Å². The van der Waals surface area contributed by atoms with Crippen molar-refractivity contribution in [3.63, 3.8) is 0 Å². The molecule has 1 saturated heterocycles. The van der Waals surface area contributed by atoms with E-state index in [0.717, 1.165) is 17.7 Å². The predicted octanol–water partition coefficient (Wildman–Crippen LogP) is 3.30. The largest absolute Gasteiger partial charge is 0.252 e. The lowest BCUT2D eigenvalue weighted by Gasteiger charge is -2.26. The molecule has 0 bridgehead atoms. The third kappa shape index (κ3) is 2.59. The van der Waals surface area contributed by atoms with E-state index in [1.54, 1.807) is 16.4 Å². The monoisotopic (exact) mass is 307 g/mol. The lowest BCUT2D eigenvalue weighted by atomic mass is 10.0. The van der Waals surface area contributed by atoms with Gasteiger partial charge in [-0.1, -0.05) is 13.8 Å². The third-order valence-corrected chi connectivity index (χ3v) is 7.27. The van der Waals surface area contributed by atoms with E-state index in [1.165, 1.54) is 11.3 Å². The topological polar surface area (TPSA) is 37.4 Å². The minimum atomic E-state index is -3.33. The highest BCUT2D eigenvalue weighted by Gasteiger charge is 2.37. The van der Waals surface area contributed by atoms with E-state index < -0.39 is 10.0 Å². The van der Waals surface area contributed by atoms with Crippen LogP contribution in [0.5, 0.6) is 0 Å². The summed E-state index contributed by atoms with van der Waals surface area (Å²) in [7, 11) is -3.33. The summed E-state index contributed by atoms with van der Waals surface area (Å²) in [5.41, 5.74) is 0. The van der Waals surface area contributed by atoms with Crippen LogP contribution in [0.2, 0.25) is 0 Å². The highest BCUT2D eigenvalue weighted by Crippen LogP contribution is 2.33. The standard InChI is InChI=1S/C12H18ClNO2S2/c1-9(2)11-4-3-7-14(11)18(15,16)12-6-5-10(8-13)17-12/h5-6,9,11H,3-4,7-8H2,1-2H3. The van der Waals surface area contributed by atoms with Crippen molar-refractivity contribution in [2.75, 3.05) is 6.54 Å². The number of halogens is 1. The number of sulfonamides is 1. The van der Waals surface area contributed by atoms with E-state index in [-0.39, 0.29) is 6.04 Å². The summed E-state index contributed by atoms with van der Waals surface area (Å²) in [5.74, 6) is 0.725. The van der Waals surface area contributed by atoms with Gasteiger partial charge in [-0.25, -0.2) is 8.42 Å². The highest BCUT2D eigenvalue weighted by atomic mass is 35.5. The zero-order chi connectivity index (χ0) is 13.3. The van der Waals surface area contributed by atoms with Crippen molar-refractivity contribution in [3.8, 4) is 0 Å². The first-order valence-electron chi connectivity index (χ1n) is 6.13. The summed E-state index contributed by atoms with van der Waals surface area (Å²) in [6.07, 6.45) is 1.92. The molecule has 2 heterocycles. The van der Waals surface area contributed by atoms with Gasteiger partial charge in [0, 0.05) is 17.5 Å². The van der Waals surface area contributed by atoms with Gasteiger partial charge in [0.2, 0.25) is 0 Å². The number of thiophene rings is 1. The lowest BCUT2D eigenvalue weighted by molar-refractivity contribution is 0.316. The molecule has 0 amide bonds. The van der Waals surface area contributed by atoms with Crippen LogP contribution >= 0.6 is 22.9 Å². The number of hydrogen-bond acceptors (Lipinski definition) is 3. The molecule has 3 nitrogen and oxygen atoms in total.